The Balaban J connectivity index is 1.95. The van der Waals surface area contributed by atoms with Crippen LogP contribution in [0.4, 0.5) is 5.69 Å². The Hall–Kier alpha value is -1.95. The number of pyridine rings is 1. The third kappa shape index (κ3) is 3.01. The lowest BCUT2D eigenvalue weighted by molar-refractivity contribution is -0.117. The minimum Gasteiger partial charge on any atom is -0.478 e. The summed E-state index contributed by atoms with van der Waals surface area (Å²) in [5.74, 6) is -0.789. The zero-order valence-corrected chi connectivity index (χ0v) is 9.14. The maximum Gasteiger partial charge on any atom is 0.337 e. The quantitative estimate of drug-likeness (QED) is 0.699. The third-order valence-corrected chi connectivity index (χ3v) is 2.61. The molecular weight excluding hydrogens is 222 g/mol. The Morgan fingerprint density at radius 3 is 2.82 bits per heavy atom. The molecule has 2 heterocycles. The SMILES string of the molecule is O=C(CC1CNC1)Nc1cncc(C(=O)O)c1. The first-order chi connectivity index (χ1) is 8.15. The van der Waals surface area contributed by atoms with Gasteiger partial charge in [0.05, 0.1) is 17.4 Å². The van der Waals surface area contributed by atoms with Gasteiger partial charge >= 0.3 is 5.97 Å². The van der Waals surface area contributed by atoms with Crippen molar-refractivity contribution >= 4 is 17.6 Å². The van der Waals surface area contributed by atoms with Crippen LogP contribution >= 0.6 is 0 Å². The molecule has 17 heavy (non-hydrogen) atoms. The number of rotatable bonds is 4. The van der Waals surface area contributed by atoms with Gasteiger partial charge in [-0.25, -0.2) is 4.79 Å². The average Bonchev–Trinajstić information content (AvgIpc) is 2.24. The highest BCUT2D eigenvalue weighted by Gasteiger charge is 2.20. The Morgan fingerprint density at radius 2 is 2.24 bits per heavy atom. The van der Waals surface area contributed by atoms with Gasteiger partial charge in [0, 0.05) is 12.6 Å². The molecule has 0 aliphatic carbocycles. The van der Waals surface area contributed by atoms with Gasteiger partial charge in [0.2, 0.25) is 5.91 Å². The summed E-state index contributed by atoms with van der Waals surface area (Å²) in [5.41, 5.74) is 0.482. The van der Waals surface area contributed by atoms with Crippen LogP contribution in [0.5, 0.6) is 0 Å². The van der Waals surface area contributed by atoms with E-state index in [1.807, 2.05) is 0 Å². The number of carbonyl (C=O) groups is 2. The summed E-state index contributed by atoms with van der Waals surface area (Å²) in [6.45, 7) is 1.72. The van der Waals surface area contributed by atoms with Gasteiger partial charge < -0.3 is 15.7 Å². The molecule has 1 aromatic heterocycles. The van der Waals surface area contributed by atoms with Gasteiger partial charge in [-0.2, -0.15) is 0 Å². The molecular formula is C11H13N3O3. The smallest absolute Gasteiger partial charge is 0.337 e. The van der Waals surface area contributed by atoms with E-state index in [-0.39, 0.29) is 11.5 Å². The van der Waals surface area contributed by atoms with E-state index < -0.39 is 5.97 Å². The lowest BCUT2D eigenvalue weighted by Crippen LogP contribution is -2.43. The van der Waals surface area contributed by atoms with Gasteiger partial charge in [0.15, 0.2) is 0 Å². The molecule has 3 N–H and O–H groups in total. The molecule has 6 heteroatoms. The van der Waals surface area contributed by atoms with Crippen LogP contribution in [0.2, 0.25) is 0 Å². The fourth-order valence-electron chi connectivity index (χ4n) is 1.59. The number of carboxylic acid groups (broad SMARTS) is 1. The predicted octanol–water partition coefficient (Wildman–Crippen LogP) is 0.328. The maximum atomic E-state index is 11.6. The first-order valence-corrected chi connectivity index (χ1v) is 5.34. The van der Waals surface area contributed by atoms with E-state index in [0.717, 1.165) is 13.1 Å². The van der Waals surface area contributed by atoms with Crippen LogP contribution in [0, 0.1) is 5.92 Å². The summed E-state index contributed by atoms with van der Waals surface area (Å²) in [7, 11) is 0. The summed E-state index contributed by atoms with van der Waals surface area (Å²) in [5, 5.41) is 14.5. The molecule has 0 unspecified atom stereocenters. The Labute approximate surface area is 98.1 Å². The molecule has 0 spiro atoms. The van der Waals surface area contributed by atoms with Crippen molar-refractivity contribution in [3.8, 4) is 0 Å². The fraction of sp³-hybridized carbons (Fsp3) is 0.364. The van der Waals surface area contributed by atoms with Crippen molar-refractivity contribution in [3.63, 3.8) is 0 Å². The molecule has 0 atom stereocenters. The molecule has 6 nitrogen and oxygen atoms in total. The number of nitrogens with one attached hydrogen (secondary N) is 2. The molecule has 2 rings (SSSR count). The van der Waals surface area contributed by atoms with E-state index >= 15 is 0 Å². The molecule has 1 aromatic rings. The number of hydrogen-bond donors (Lipinski definition) is 3. The molecule has 1 aliphatic rings. The van der Waals surface area contributed by atoms with Crippen LogP contribution in [0.3, 0.4) is 0 Å². The average molecular weight is 235 g/mol. The molecule has 90 valence electrons. The van der Waals surface area contributed by atoms with E-state index in [0.29, 0.717) is 18.0 Å². The molecule has 0 aromatic carbocycles. The highest BCUT2D eigenvalue weighted by atomic mass is 16.4. The van der Waals surface area contributed by atoms with Crippen molar-refractivity contribution in [2.24, 2.45) is 5.92 Å². The Morgan fingerprint density at radius 1 is 1.47 bits per heavy atom. The van der Waals surface area contributed by atoms with Crippen molar-refractivity contribution in [2.75, 3.05) is 18.4 Å². The zero-order valence-electron chi connectivity index (χ0n) is 9.14. The number of amides is 1. The minimum atomic E-state index is -1.06. The normalized spacial score (nSPS) is 15.1. The number of anilines is 1. The number of aromatic nitrogens is 1. The second-order valence-corrected chi connectivity index (χ2v) is 4.04. The fourth-order valence-corrected chi connectivity index (χ4v) is 1.59. The number of carbonyl (C=O) groups excluding carboxylic acids is 1. The summed E-state index contributed by atoms with van der Waals surface area (Å²) in [6, 6.07) is 1.40. The van der Waals surface area contributed by atoms with E-state index in [1.165, 1.54) is 18.5 Å². The highest BCUT2D eigenvalue weighted by Crippen LogP contribution is 2.12. The van der Waals surface area contributed by atoms with Gasteiger partial charge in [0.1, 0.15) is 0 Å². The van der Waals surface area contributed by atoms with Crippen LogP contribution in [0.1, 0.15) is 16.8 Å². The second kappa shape index (κ2) is 4.92. The minimum absolute atomic E-state index is 0.0631. The van der Waals surface area contributed by atoms with Gasteiger partial charge in [-0.3, -0.25) is 9.78 Å². The van der Waals surface area contributed by atoms with Gasteiger partial charge in [-0.05, 0) is 25.1 Å². The van der Waals surface area contributed by atoms with Gasteiger partial charge in [-0.1, -0.05) is 0 Å². The first kappa shape index (κ1) is 11.5. The number of carboxylic acids is 1. The lowest BCUT2D eigenvalue weighted by Gasteiger charge is -2.26. The second-order valence-electron chi connectivity index (χ2n) is 4.04. The van der Waals surface area contributed by atoms with E-state index in [9.17, 15) is 9.59 Å². The van der Waals surface area contributed by atoms with Crippen molar-refractivity contribution in [1.29, 1.82) is 0 Å². The maximum absolute atomic E-state index is 11.6. The predicted molar refractivity (Wildman–Crippen MR) is 60.8 cm³/mol. The monoisotopic (exact) mass is 235 g/mol. The number of hydrogen-bond acceptors (Lipinski definition) is 4. The van der Waals surface area contributed by atoms with Crippen molar-refractivity contribution in [3.05, 3.63) is 24.0 Å². The third-order valence-electron chi connectivity index (χ3n) is 2.61. The molecule has 0 saturated carbocycles. The molecule has 0 radical (unpaired) electrons. The van der Waals surface area contributed by atoms with Crippen molar-refractivity contribution in [2.45, 2.75) is 6.42 Å². The molecule has 0 bridgehead atoms. The number of nitrogens with zero attached hydrogens (tertiary/aromatic N) is 1. The van der Waals surface area contributed by atoms with Crippen LogP contribution in [0.25, 0.3) is 0 Å². The lowest BCUT2D eigenvalue weighted by atomic mass is 9.99. The molecule has 1 fully saturated rings. The Kier molecular flexibility index (Phi) is 3.34. The van der Waals surface area contributed by atoms with Gasteiger partial charge in [0.25, 0.3) is 0 Å². The van der Waals surface area contributed by atoms with Crippen molar-refractivity contribution in [1.82, 2.24) is 10.3 Å². The first-order valence-electron chi connectivity index (χ1n) is 5.34. The van der Waals surface area contributed by atoms with Crippen LogP contribution in [0.15, 0.2) is 18.5 Å². The van der Waals surface area contributed by atoms with E-state index in [4.69, 9.17) is 5.11 Å². The van der Waals surface area contributed by atoms with E-state index in [1.54, 1.807) is 0 Å². The van der Waals surface area contributed by atoms with Crippen molar-refractivity contribution < 1.29 is 14.7 Å². The summed E-state index contributed by atoms with van der Waals surface area (Å²) < 4.78 is 0. The Bertz CT molecular complexity index is 443. The standard InChI is InChI=1S/C11H13N3O3/c15-10(1-7-3-12-4-7)14-9-2-8(11(16)17)5-13-6-9/h2,5-7,12H,1,3-4H2,(H,14,15)(H,16,17). The zero-order chi connectivity index (χ0) is 12.3. The number of aromatic carboxylic acids is 1. The largest absolute Gasteiger partial charge is 0.478 e. The summed E-state index contributed by atoms with van der Waals surface area (Å²) in [6.07, 6.45) is 3.13. The van der Waals surface area contributed by atoms with Crippen LogP contribution in [-0.4, -0.2) is 35.1 Å². The topological polar surface area (TPSA) is 91.3 Å². The van der Waals surface area contributed by atoms with E-state index in [2.05, 4.69) is 15.6 Å². The summed E-state index contributed by atoms with van der Waals surface area (Å²) in [4.78, 5) is 26.1. The molecule has 1 aliphatic heterocycles. The van der Waals surface area contributed by atoms with Gasteiger partial charge in [-0.15, -0.1) is 0 Å². The summed E-state index contributed by atoms with van der Waals surface area (Å²) >= 11 is 0. The molecule has 1 amide bonds. The van der Waals surface area contributed by atoms with Crippen LogP contribution < -0.4 is 10.6 Å². The molecule has 1 saturated heterocycles. The highest BCUT2D eigenvalue weighted by molar-refractivity contribution is 5.93. The van der Waals surface area contributed by atoms with Crippen LogP contribution in [-0.2, 0) is 4.79 Å².